The second-order valence-corrected chi connectivity index (χ2v) is 13.0. The third kappa shape index (κ3) is 3.97. The predicted octanol–water partition coefficient (Wildman–Crippen LogP) is 12.7. The van der Waals surface area contributed by atoms with Gasteiger partial charge in [-0.05, 0) is 92.3 Å². The predicted molar refractivity (Wildman–Crippen MR) is 186 cm³/mol. The smallest absolute Gasteiger partial charge is 0.135 e. The molecule has 1 nitrogen and oxygen atoms in total. The average Bonchev–Trinajstić information content (AvgIpc) is 3.74. The van der Waals surface area contributed by atoms with Crippen molar-refractivity contribution in [3.63, 3.8) is 0 Å². The van der Waals surface area contributed by atoms with E-state index >= 15 is 0 Å². The number of benzene rings is 6. The Bertz CT molecular complexity index is 2270. The highest BCUT2D eigenvalue weighted by Gasteiger charge is 2.17. The summed E-state index contributed by atoms with van der Waals surface area (Å²) < 4.78 is 6.78. The summed E-state index contributed by atoms with van der Waals surface area (Å²) in [5.74, 6) is 0. The second-order valence-electron chi connectivity index (χ2n) is 10.8. The van der Waals surface area contributed by atoms with E-state index in [9.17, 15) is 0 Å². The molecule has 6 aromatic carbocycles. The SMILES string of the molecule is c1ccc(-c2ccc(-c3ccc4oc5ccc(-c6ccc(-c7ccccc7)s6)c6cccc(c7cccc3c47)c56)s2)cc1. The molecule has 0 fully saturated rings. The van der Waals surface area contributed by atoms with Crippen LogP contribution >= 0.6 is 22.7 Å². The monoisotopic (exact) mass is 584 g/mol. The molecule has 0 aliphatic carbocycles. The molecule has 0 aliphatic rings. The van der Waals surface area contributed by atoms with E-state index in [0.717, 1.165) is 11.2 Å². The van der Waals surface area contributed by atoms with Gasteiger partial charge in [-0.15, -0.1) is 22.7 Å². The maximum absolute atomic E-state index is 6.78. The van der Waals surface area contributed by atoms with Crippen molar-refractivity contribution < 1.29 is 4.42 Å². The van der Waals surface area contributed by atoms with E-state index in [1.165, 1.54) is 74.1 Å². The fraction of sp³-hybridized carbons (Fsp3) is 0. The third-order valence-electron chi connectivity index (χ3n) is 8.37. The number of rotatable bonds is 4. The number of hydrogen-bond donors (Lipinski definition) is 0. The van der Waals surface area contributed by atoms with Crippen LogP contribution in [-0.4, -0.2) is 0 Å². The van der Waals surface area contributed by atoms with Gasteiger partial charge in [0.15, 0.2) is 0 Å². The molecule has 0 bridgehead atoms. The number of thiophene rings is 2. The topological polar surface area (TPSA) is 13.1 Å². The Hall–Kier alpha value is -4.96. The lowest BCUT2D eigenvalue weighted by atomic mass is 9.95. The molecule has 0 spiro atoms. The molecule has 0 radical (unpaired) electrons. The van der Waals surface area contributed by atoms with Gasteiger partial charge in [0.25, 0.3) is 0 Å². The van der Waals surface area contributed by atoms with Crippen LogP contribution in [0.4, 0.5) is 0 Å². The Kier molecular flexibility index (Phi) is 5.62. The van der Waals surface area contributed by atoms with Crippen LogP contribution in [0.25, 0.3) is 85.2 Å². The average molecular weight is 585 g/mol. The van der Waals surface area contributed by atoms with Crippen LogP contribution in [0.15, 0.2) is 150 Å². The van der Waals surface area contributed by atoms with Crippen molar-refractivity contribution in [3.05, 3.63) is 146 Å². The fourth-order valence-corrected chi connectivity index (χ4v) is 8.50. The van der Waals surface area contributed by atoms with Gasteiger partial charge in [0.1, 0.15) is 11.2 Å². The molecule has 43 heavy (non-hydrogen) atoms. The van der Waals surface area contributed by atoms with Crippen molar-refractivity contribution in [3.8, 4) is 41.8 Å². The second kappa shape index (κ2) is 9.81. The van der Waals surface area contributed by atoms with Gasteiger partial charge in [0.05, 0.1) is 0 Å². The number of hydrogen-bond acceptors (Lipinski definition) is 3. The summed E-state index contributed by atoms with van der Waals surface area (Å²) in [7, 11) is 0. The largest absolute Gasteiger partial charge is 0.456 e. The molecule has 0 unspecified atom stereocenters. The molecule has 0 saturated heterocycles. The zero-order valence-electron chi connectivity index (χ0n) is 23.1. The summed E-state index contributed by atoms with van der Waals surface area (Å²) in [6.07, 6.45) is 0. The summed E-state index contributed by atoms with van der Waals surface area (Å²) in [6.45, 7) is 0. The van der Waals surface area contributed by atoms with E-state index in [-0.39, 0.29) is 0 Å². The fourth-order valence-electron chi connectivity index (χ4n) is 6.40. The van der Waals surface area contributed by atoms with E-state index in [1.807, 2.05) is 22.7 Å². The van der Waals surface area contributed by atoms with E-state index < -0.39 is 0 Å². The zero-order valence-corrected chi connectivity index (χ0v) is 24.7. The van der Waals surface area contributed by atoms with E-state index in [4.69, 9.17) is 4.42 Å². The minimum atomic E-state index is 0.905. The number of fused-ring (bicyclic) bond motifs is 1. The van der Waals surface area contributed by atoms with Crippen LogP contribution < -0.4 is 0 Å². The first-order valence-corrected chi connectivity index (χ1v) is 16.1. The Morgan fingerprint density at radius 2 is 0.744 bits per heavy atom. The summed E-state index contributed by atoms with van der Waals surface area (Å²) in [4.78, 5) is 5.07. The van der Waals surface area contributed by atoms with Crippen molar-refractivity contribution in [2.24, 2.45) is 0 Å². The van der Waals surface area contributed by atoms with Crippen LogP contribution in [0.1, 0.15) is 0 Å². The van der Waals surface area contributed by atoms with Gasteiger partial charge in [-0.3, -0.25) is 0 Å². The maximum atomic E-state index is 6.78. The van der Waals surface area contributed by atoms with Crippen molar-refractivity contribution in [1.29, 1.82) is 0 Å². The Morgan fingerprint density at radius 1 is 0.326 bits per heavy atom. The Labute approximate surface area is 256 Å². The van der Waals surface area contributed by atoms with Crippen molar-refractivity contribution >= 4 is 66.2 Å². The quantitative estimate of drug-likeness (QED) is 0.201. The summed E-state index contributed by atoms with van der Waals surface area (Å²) in [6, 6.07) is 52.3. The van der Waals surface area contributed by atoms with Crippen molar-refractivity contribution in [2.75, 3.05) is 0 Å². The van der Waals surface area contributed by atoms with Gasteiger partial charge in [-0.2, -0.15) is 0 Å². The lowest BCUT2D eigenvalue weighted by molar-refractivity contribution is 0.664. The van der Waals surface area contributed by atoms with Gasteiger partial charge < -0.3 is 4.42 Å². The molecule has 0 amide bonds. The summed E-state index contributed by atoms with van der Waals surface area (Å²) in [5.41, 5.74) is 6.79. The van der Waals surface area contributed by atoms with Crippen LogP contribution in [-0.2, 0) is 0 Å². The molecule has 0 atom stereocenters. The van der Waals surface area contributed by atoms with E-state index in [0.29, 0.717) is 0 Å². The van der Waals surface area contributed by atoms with Gasteiger partial charge in [0.2, 0.25) is 0 Å². The van der Waals surface area contributed by atoms with E-state index in [2.05, 4.69) is 146 Å². The molecule has 0 aliphatic heterocycles. The van der Waals surface area contributed by atoms with Gasteiger partial charge >= 0.3 is 0 Å². The maximum Gasteiger partial charge on any atom is 0.135 e. The van der Waals surface area contributed by atoms with Gasteiger partial charge in [0, 0.05) is 30.3 Å². The van der Waals surface area contributed by atoms with Crippen LogP contribution in [0, 0.1) is 0 Å². The molecule has 3 aromatic heterocycles. The van der Waals surface area contributed by atoms with Crippen LogP contribution in [0.5, 0.6) is 0 Å². The van der Waals surface area contributed by atoms with Crippen molar-refractivity contribution in [2.45, 2.75) is 0 Å². The Balaban J connectivity index is 1.27. The minimum Gasteiger partial charge on any atom is -0.456 e. The normalized spacial score (nSPS) is 11.7. The highest BCUT2D eigenvalue weighted by atomic mass is 32.1. The standard InChI is InChI=1S/C40H24OS2/c1-3-9-25(10-4-1)35-21-23-37(42-35)27-17-19-33-39-29(27)13-7-15-31(39)32-16-8-14-30-28(18-20-34(41-33)40(30)32)38-24-22-36(43-38)26-11-5-2-6-12-26/h1-24H. The van der Waals surface area contributed by atoms with Gasteiger partial charge in [-0.25, -0.2) is 0 Å². The van der Waals surface area contributed by atoms with Gasteiger partial charge in [-0.1, -0.05) is 97.1 Å². The Morgan fingerprint density at radius 3 is 1.21 bits per heavy atom. The first-order chi connectivity index (χ1) is 21.3. The first-order valence-electron chi connectivity index (χ1n) is 14.4. The molecular formula is C40H24OS2. The molecule has 3 heterocycles. The third-order valence-corrected chi connectivity index (χ3v) is 10.7. The molecule has 9 aromatic rings. The lowest BCUT2D eigenvalue weighted by Crippen LogP contribution is -1.82. The molecule has 202 valence electrons. The highest BCUT2D eigenvalue weighted by molar-refractivity contribution is 7.19. The summed E-state index contributed by atoms with van der Waals surface area (Å²) in [5, 5.41) is 7.20. The van der Waals surface area contributed by atoms with Crippen LogP contribution in [0.3, 0.4) is 0 Å². The molecule has 0 N–H and O–H groups in total. The van der Waals surface area contributed by atoms with Crippen molar-refractivity contribution in [1.82, 2.24) is 0 Å². The molecular weight excluding hydrogens is 561 g/mol. The minimum absolute atomic E-state index is 0.905. The molecule has 0 saturated carbocycles. The lowest BCUT2D eigenvalue weighted by Gasteiger charge is -2.08. The highest BCUT2D eigenvalue weighted by Crippen LogP contribution is 2.45. The zero-order chi connectivity index (χ0) is 28.3. The van der Waals surface area contributed by atoms with E-state index in [1.54, 1.807) is 0 Å². The van der Waals surface area contributed by atoms with Crippen LogP contribution in [0.2, 0.25) is 0 Å². The molecule has 3 heteroatoms. The molecule has 9 rings (SSSR count). The summed E-state index contributed by atoms with van der Waals surface area (Å²) >= 11 is 3.68. The first kappa shape index (κ1) is 24.6.